The smallest absolute Gasteiger partial charge is 0.233 e. The molecule has 0 heterocycles. The fourth-order valence-electron chi connectivity index (χ4n) is 1.06. The van der Waals surface area contributed by atoms with Gasteiger partial charge in [0.2, 0.25) is 6.54 Å². The molecule has 0 saturated heterocycles. The van der Waals surface area contributed by atoms with E-state index >= 15 is 0 Å². The van der Waals surface area contributed by atoms with Crippen molar-refractivity contribution in [1.29, 1.82) is 0 Å². The number of nitro groups is 1. The van der Waals surface area contributed by atoms with Crippen LogP contribution in [0.2, 0.25) is 10.0 Å². The molecule has 1 N–H and O–H groups in total. The third-order valence-electron chi connectivity index (χ3n) is 1.65. The van der Waals surface area contributed by atoms with E-state index in [9.17, 15) is 15.2 Å². The van der Waals surface area contributed by atoms with Gasteiger partial charge in [-0.3, -0.25) is 10.1 Å². The van der Waals surface area contributed by atoms with Crippen molar-refractivity contribution in [3.8, 4) is 0 Å². The summed E-state index contributed by atoms with van der Waals surface area (Å²) < 4.78 is 0. The maximum atomic E-state index is 10.2. The summed E-state index contributed by atoms with van der Waals surface area (Å²) in [4.78, 5) is 9.54. The van der Waals surface area contributed by atoms with Crippen LogP contribution in [0, 0.1) is 10.1 Å². The van der Waals surface area contributed by atoms with Crippen LogP contribution >= 0.6 is 23.2 Å². The normalized spacial score (nSPS) is 12.5. The summed E-state index contributed by atoms with van der Waals surface area (Å²) in [5.41, 5.74) is 0.201. The molecular weight excluding hydrogens is 229 g/mol. The summed E-state index contributed by atoms with van der Waals surface area (Å²) in [6, 6.07) is 4.64. The number of aliphatic hydroxyl groups excluding tert-OH is 1. The van der Waals surface area contributed by atoms with E-state index in [-0.39, 0.29) is 15.6 Å². The highest BCUT2D eigenvalue weighted by Crippen LogP contribution is 2.30. The van der Waals surface area contributed by atoms with E-state index in [1.165, 1.54) is 12.1 Å². The van der Waals surface area contributed by atoms with Gasteiger partial charge in [-0.25, -0.2) is 0 Å². The molecule has 1 aromatic rings. The largest absolute Gasteiger partial charge is 0.381 e. The van der Waals surface area contributed by atoms with Gasteiger partial charge in [0.05, 0.1) is 0 Å². The van der Waals surface area contributed by atoms with Crippen molar-refractivity contribution in [2.75, 3.05) is 6.54 Å². The van der Waals surface area contributed by atoms with Crippen LogP contribution in [0.1, 0.15) is 11.7 Å². The first-order valence-electron chi connectivity index (χ1n) is 3.76. The van der Waals surface area contributed by atoms with Crippen molar-refractivity contribution < 1.29 is 10.0 Å². The molecule has 1 atom stereocenters. The molecule has 0 fully saturated rings. The third kappa shape index (κ3) is 2.57. The molecule has 14 heavy (non-hydrogen) atoms. The van der Waals surface area contributed by atoms with Crippen molar-refractivity contribution in [3.63, 3.8) is 0 Å². The Labute approximate surface area is 90.2 Å². The highest BCUT2D eigenvalue weighted by atomic mass is 35.5. The Morgan fingerprint density at radius 3 is 2.36 bits per heavy atom. The van der Waals surface area contributed by atoms with Crippen LogP contribution in [0.4, 0.5) is 0 Å². The van der Waals surface area contributed by atoms with Gasteiger partial charge in [-0.2, -0.15) is 0 Å². The number of hydrogen-bond acceptors (Lipinski definition) is 3. The SMILES string of the molecule is O=[N+]([O-])C[C@@H](O)c1c(Cl)cccc1Cl. The lowest BCUT2D eigenvalue weighted by Gasteiger charge is -2.09. The maximum Gasteiger partial charge on any atom is 0.233 e. The van der Waals surface area contributed by atoms with Crippen LogP contribution in [-0.4, -0.2) is 16.6 Å². The number of aliphatic hydroxyl groups is 1. The Morgan fingerprint density at radius 1 is 1.43 bits per heavy atom. The Hall–Kier alpha value is -0.840. The minimum atomic E-state index is -1.27. The molecule has 0 radical (unpaired) electrons. The summed E-state index contributed by atoms with van der Waals surface area (Å²) in [6.45, 7) is -0.608. The number of rotatable bonds is 3. The zero-order valence-electron chi connectivity index (χ0n) is 6.98. The van der Waals surface area contributed by atoms with Crippen LogP contribution < -0.4 is 0 Å². The molecule has 0 aromatic heterocycles. The lowest BCUT2D eigenvalue weighted by Crippen LogP contribution is -2.12. The second-order valence-corrected chi connectivity index (χ2v) is 3.48. The molecule has 1 aromatic carbocycles. The van der Waals surface area contributed by atoms with E-state index in [1.54, 1.807) is 6.07 Å². The average Bonchev–Trinajstić information content (AvgIpc) is 2.01. The molecule has 0 saturated carbocycles. The van der Waals surface area contributed by atoms with E-state index in [1.807, 2.05) is 0 Å². The van der Waals surface area contributed by atoms with Gasteiger partial charge in [-0.15, -0.1) is 0 Å². The number of halogens is 2. The van der Waals surface area contributed by atoms with Crippen molar-refractivity contribution in [2.24, 2.45) is 0 Å². The monoisotopic (exact) mass is 235 g/mol. The molecule has 0 aliphatic rings. The van der Waals surface area contributed by atoms with E-state index in [0.717, 1.165) is 0 Å². The van der Waals surface area contributed by atoms with Gasteiger partial charge >= 0.3 is 0 Å². The van der Waals surface area contributed by atoms with Crippen molar-refractivity contribution in [1.82, 2.24) is 0 Å². The van der Waals surface area contributed by atoms with Crippen LogP contribution in [0.15, 0.2) is 18.2 Å². The lowest BCUT2D eigenvalue weighted by atomic mass is 10.1. The molecule has 1 rings (SSSR count). The van der Waals surface area contributed by atoms with E-state index in [4.69, 9.17) is 23.2 Å². The first kappa shape index (κ1) is 11.2. The van der Waals surface area contributed by atoms with Crippen LogP contribution in [0.5, 0.6) is 0 Å². The minimum Gasteiger partial charge on any atom is -0.381 e. The molecular formula is C8H7Cl2NO3. The topological polar surface area (TPSA) is 63.4 Å². The molecule has 0 unspecified atom stereocenters. The Kier molecular flexibility index (Phi) is 3.69. The summed E-state index contributed by atoms with van der Waals surface area (Å²) in [7, 11) is 0. The van der Waals surface area contributed by atoms with E-state index in [2.05, 4.69) is 0 Å². The standard InChI is InChI=1S/C8H7Cl2NO3/c9-5-2-1-3-6(10)8(5)7(12)4-11(13)14/h1-3,7,12H,4H2/t7-/m1/s1. The second kappa shape index (κ2) is 4.59. The number of hydrogen-bond donors (Lipinski definition) is 1. The molecule has 0 aliphatic carbocycles. The summed E-state index contributed by atoms with van der Waals surface area (Å²) in [5, 5.41) is 20.1. The molecule has 0 spiro atoms. The van der Waals surface area contributed by atoms with Gasteiger partial charge in [0, 0.05) is 20.5 Å². The van der Waals surface area contributed by atoms with Crippen LogP contribution in [0.25, 0.3) is 0 Å². The van der Waals surface area contributed by atoms with Crippen molar-refractivity contribution >= 4 is 23.2 Å². The maximum absolute atomic E-state index is 10.2. The Balaban J connectivity index is 2.99. The highest BCUT2D eigenvalue weighted by Gasteiger charge is 2.19. The second-order valence-electron chi connectivity index (χ2n) is 2.67. The predicted octanol–water partition coefficient (Wildman–Crippen LogP) is 2.30. The van der Waals surface area contributed by atoms with Gasteiger partial charge in [0.1, 0.15) is 6.10 Å². The van der Waals surface area contributed by atoms with Crippen LogP contribution in [0.3, 0.4) is 0 Å². The molecule has 0 aliphatic heterocycles. The summed E-state index contributed by atoms with van der Waals surface area (Å²) in [6.07, 6.45) is -1.27. The first-order valence-corrected chi connectivity index (χ1v) is 4.51. The Morgan fingerprint density at radius 2 is 1.93 bits per heavy atom. The Bertz CT molecular complexity index is 336. The fraction of sp³-hybridized carbons (Fsp3) is 0.250. The number of benzene rings is 1. The average molecular weight is 236 g/mol. The van der Waals surface area contributed by atoms with Gasteiger partial charge in [0.25, 0.3) is 0 Å². The van der Waals surface area contributed by atoms with Gasteiger partial charge < -0.3 is 5.11 Å². The molecule has 6 heteroatoms. The van der Waals surface area contributed by atoms with E-state index in [0.29, 0.717) is 0 Å². The highest BCUT2D eigenvalue weighted by molar-refractivity contribution is 6.36. The molecule has 76 valence electrons. The molecule has 0 bridgehead atoms. The van der Waals surface area contributed by atoms with Gasteiger partial charge in [-0.05, 0) is 12.1 Å². The number of nitrogens with zero attached hydrogens (tertiary/aromatic N) is 1. The molecule has 0 amide bonds. The predicted molar refractivity (Wildman–Crippen MR) is 53.3 cm³/mol. The van der Waals surface area contributed by atoms with Crippen molar-refractivity contribution in [3.05, 3.63) is 43.9 Å². The van der Waals surface area contributed by atoms with Crippen LogP contribution in [-0.2, 0) is 0 Å². The van der Waals surface area contributed by atoms with Gasteiger partial charge in [-0.1, -0.05) is 29.3 Å². The van der Waals surface area contributed by atoms with Gasteiger partial charge in [0.15, 0.2) is 0 Å². The zero-order chi connectivity index (χ0) is 10.7. The van der Waals surface area contributed by atoms with E-state index < -0.39 is 17.6 Å². The lowest BCUT2D eigenvalue weighted by molar-refractivity contribution is -0.491. The molecule has 4 nitrogen and oxygen atoms in total. The zero-order valence-corrected chi connectivity index (χ0v) is 8.50. The third-order valence-corrected chi connectivity index (χ3v) is 2.31. The summed E-state index contributed by atoms with van der Waals surface area (Å²) >= 11 is 11.5. The van der Waals surface area contributed by atoms with Crippen molar-refractivity contribution in [2.45, 2.75) is 6.10 Å². The quantitative estimate of drug-likeness (QED) is 0.646. The first-order chi connectivity index (χ1) is 6.52. The summed E-state index contributed by atoms with van der Waals surface area (Å²) in [5.74, 6) is 0. The minimum absolute atomic E-state index is 0.201. The fourth-order valence-corrected chi connectivity index (χ4v) is 1.71.